The second-order valence-electron chi connectivity index (χ2n) is 3.94. The topological polar surface area (TPSA) is 57.5 Å². The number of benzene rings is 1. The molecule has 0 aliphatic heterocycles. The highest BCUT2D eigenvalue weighted by Gasteiger charge is 2.39. The van der Waals surface area contributed by atoms with Gasteiger partial charge in [-0.2, -0.15) is 13.2 Å². The van der Waals surface area contributed by atoms with E-state index >= 15 is 0 Å². The van der Waals surface area contributed by atoms with Crippen LogP contribution < -0.4 is 0 Å². The number of aliphatic hydroxyl groups excluding tert-OH is 2. The van der Waals surface area contributed by atoms with Crippen molar-refractivity contribution >= 4 is 17.4 Å². The monoisotopic (exact) mass is 296 g/mol. The lowest BCUT2D eigenvalue weighted by Gasteiger charge is -2.17. The van der Waals surface area contributed by atoms with E-state index in [-0.39, 0.29) is 17.9 Å². The van der Waals surface area contributed by atoms with Crippen molar-refractivity contribution in [3.05, 3.63) is 35.4 Å². The van der Waals surface area contributed by atoms with Gasteiger partial charge in [-0.05, 0) is 18.1 Å². The van der Waals surface area contributed by atoms with E-state index in [0.717, 1.165) is 12.1 Å². The summed E-state index contributed by atoms with van der Waals surface area (Å²) < 4.78 is 36.8. The lowest BCUT2D eigenvalue weighted by molar-refractivity contribution is -0.0885. The minimum Gasteiger partial charge on any atom is -0.390 e. The normalized spacial score (nSPS) is 15.1. The average Bonchev–Trinajstić information content (AvgIpc) is 2.36. The molecule has 0 fully saturated rings. The van der Waals surface area contributed by atoms with Crippen LogP contribution in [0.2, 0.25) is 0 Å². The molecule has 2 unspecified atom stereocenters. The van der Waals surface area contributed by atoms with Gasteiger partial charge in [0.15, 0.2) is 0 Å². The zero-order valence-corrected chi connectivity index (χ0v) is 10.4. The number of aliphatic hydroxyl groups is 2. The molecule has 0 aliphatic carbocycles. The molecule has 2 atom stereocenters. The maximum Gasteiger partial charge on any atom is 0.454 e. The van der Waals surface area contributed by atoms with E-state index < -0.39 is 29.7 Å². The molecule has 2 N–H and O–H groups in total. The zero-order valence-electron chi connectivity index (χ0n) is 9.69. The number of hydrogen-bond acceptors (Lipinski definition) is 3. The molecule has 0 saturated heterocycles. The van der Waals surface area contributed by atoms with Crippen molar-refractivity contribution in [1.82, 2.24) is 0 Å². The standard InChI is InChI=1S/C12H12ClF3O3/c13-5-4-9(17)10(18)7-2-1-3-8(6-7)11(19)12(14,15)16/h1-3,6,9-10,17-18H,4-5H2. The Morgan fingerprint density at radius 3 is 2.47 bits per heavy atom. The van der Waals surface area contributed by atoms with Gasteiger partial charge in [0.25, 0.3) is 5.78 Å². The van der Waals surface area contributed by atoms with Gasteiger partial charge in [-0.1, -0.05) is 18.2 Å². The SMILES string of the molecule is O=C(c1cccc(C(O)C(O)CCCl)c1)C(F)(F)F. The molecule has 3 nitrogen and oxygen atoms in total. The second kappa shape index (κ2) is 6.36. The third-order valence-corrected chi connectivity index (χ3v) is 2.74. The van der Waals surface area contributed by atoms with Crippen LogP contribution >= 0.6 is 11.6 Å². The highest BCUT2D eigenvalue weighted by atomic mass is 35.5. The van der Waals surface area contributed by atoms with Gasteiger partial charge >= 0.3 is 6.18 Å². The molecule has 0 aromatic heterocycles. The summed E-state index contributed by atoms with van der Waals surface area (Å²) in [5.41, 5.74) is -0.546. The fraction of sp³-hybridized carbons (Fsp3) is 0.417. The van der Waals surface area contributed by atoms with E-state index in [4.69, 9.17) is 11.6 Å². The number of ketones is 1. The van der Waals surface area contributed by atoms with Crippen LogP contribution in [-0.4, -0.2) is 34.2 Å². The molecule has 0 saturated carbocycles. The molecule has 0 aliphatic rings. The zero-order chi connectivity index (χ0) is 14.6. The number of carbonyl (C=O) groups is 1. The highest BCUT2D eigenvalue weighted by Crippen LogP contribution is 2.25. The second-order valence-corrected chi connectivity index (χ2v) is 4.32. The van der Waals surface area contributed by atoms with E-state index in [2.05, 4.69) is 0 Å². The van der Waals surface area contributed by atoms with Gasteiger partial charge in [-0.3, -0.25) is 4.79 Å². The summed E-state index contributed by atoms with van der Waals surface area (Å²) in [5, 5.41) is 19.2. The Hall–Kier alpha value is -1.11. The Balaban J connectivity index is 2.97. The molecular weight excluding hydrogens is 285 g/mol. The summed E-state index contributed by atoms with van der Waals surface area (Å²) in [6.07, 6.45) is -7.48. The van der Waals surface area contributed by atoms with Gasteiger partial charge in [0, 0.05) is 11.4 Å². The predicted octanol–water partition coefficient (Wildman–Crippen LogP) is 2.45. The van der Waals surface area contributed by atoms with Crippen molar-refractivity contribution in [2.45, 2.75) is 24.8 Å². The number of halogens is 4. The van der Waals surface area contributed by atoms with Crippen molar-refractivity contribution in [2.24, 2.45) is 0 Å². The smallest absolute Gasteiger partial charge is 0.390 e. The molecule has 0 radical (unpaired) electrons. The number of alkyl halides is 4. The summed E-state index contributed by atoms with van der Waals surface area (Å²) in [5.74, 6) is -1.90. The number of rotatable bonds is 5. The quantitative estimate of drug-likeness (QED) is 0.648. The van der Waals surface area contributed by atoms with Crippen LogP contribution in [0, 0.1) is 0 Å². The van der Waals surface area contributed by atoms with E-state index in [0.29, 0.717) is 0 Å². The average molecular weight is 297 g/mol. The lowest BCUT2D eigenvalue weighted by atomic mass is 9.99. The van der Waals surface area contributed by atoms with Crippen molar-refractivity contribution in [3.8, 4) is 0 Å². The molecule has 0 heterocycles. The van der Waals surface area contributed by atoms with Gasteiger partial charge in [0.2, 0.25) is 0 Å². The molecule has 1 rings (SSSR count). The lowest BCUT2D eigenvalue weighted by Crippen LogP contribution is -2.23. The van der Waals surface area contributed by atoms with Crippen molar-refractivity contribution in [1.29, 1.82) is 0 Å². The van der Waals surface area contributed by atoms with Crippen LogP contribution in [0.3, 0.4) is 0 Å². The largest absolute Gasteiger partial charge is 0.454 e. The van der Waals surface area contributed by atoms with Gasteiger partial charge < -0.3 is 10.2 Å². The van der Waals surface area contributed by atoms with E-state index in [9.17, 15) is 28.2 Å². The molecule has 19 heavy (non-hydrogen) atoms. The van der Waals surface area contributed by atoms with Crippen LogP contribution in [0.25, 0.3) is 0 Å². The Kier molecular flexibility index (Phi) is 5.34. The predicted molar refractivity (Wildman–Crippen MR) is 63.1 cm³/mol. The van der Waals surface area contributed by atoms with Crippen LogP contribution in [0.1, 0.15) is 28.4 Å². The summed E-state index contributed by atoms with van der Waals surface area (Å²) in [6, 6.07) is 4.46. The molecule has 0 spiro atoms. The fourth-order valence-electron chi connectivity index (χ4n) is 1.52. The first-order chi connectivity index (χ1) is 8.77. The molecule has 7 heteroatoms. The van der Waals surface area contributed by atoms with Crippen molar-refractivity contribution < 1.29 is 28.2 Å². The van der Waals surface area contributed by atoms with E-state index in [1.54, 1.807) is 0 Å². The van der Waals surface area contributed by atoms with Crippen LogP contribution in [0.5, 0.6) is 0 Å². The molecule has 0 bridgehead atoms. The molecule has 0 amide bonds. The Labute approximate surface area is 112 Å². The van der Waals surface area contributed by atoms with Crippen LogP contribution in [0.15, 0.2) is 24.3 Å². The van der Waals surface area contributed by atoms with E-state index in [1.807, 2.05) is 0 Å². The minimum atomic E-state index is -4.97. The summed E-state index contributed by atoms with van der Waals surface area (Å²) in [6.45, 7) is 0. The first-order valence-electron chi connectivity index (χ1n) is 5.41. The highest BCUT2D eigenvalue weighted by molar-refractivity contribution is 6.17. The van der Waals surface area contributed by atoms with Gasteiger partial charge in [0.05, 0.1) is 6.10 Å². The van der Waals surface area contributed by atoms with Crippen LogP contribution in [-0.2, 0) is 0 Å². The molecule has 1 aromatic carbocycles. The van der Waals surface area contributed by atoms with Gasteiger partial charge in [0.1, 0.15) is 6.10 Å². The maximum absolute atomic E-state index is 12.3. The number of Topliss-reactive ketones (excluding diaryl/α,β-unsaturated/α-hetero) is 1. The van der Waals surface area contributed by atoms with Gasteiger partial charge in [-0.15, -0.1) is 11.6 Å². The summed E-state index contributed by atoms with van der Waals surface area (Å²) >= 11 is 5.40. The van der Waals surface area contributed by atoms with Crippen molar-refractivity contribution in [2.75, 3.05) is 5.88 Å². The third-order valence-electron chi connectivity index (χ3n) is 2.52. The summed E-state index contributed by atoms with van der Waals surface area (Å²) in [7, 11) is 0. The number of hydrogen-bond donors (Lipinski definition) is 2. The maximum atomic E-state index is 12.3. The molecule has 106 valence electrons. The van der Waals surface area contributed by atoms with Crippen molar-refractivity contribution in [3.63, 3.8) is 0 Å². The Bertz CT molecular complexity index is 448. The minimum absolute atomic E-state index is 0.0349. The van der Waals surface area contributed by atoms with Crippen LogP contribution in [0.4, 0.5) is 13.2 Å². The van der Waals surface area contributed by atoms with E-state index in [1.165, 1.54) is 12.1 Å². The first kappa shape index (κ1) is 15.9. The Morgan fingerprint density at radius 1 is 1.32 bits per heavy atom. The Morgan fingerprint density at radius 2 is 1.95 bits per heavy atom. The molecule has 1 aromatic rings. The molecular formula is C12H12ClF3O3. The summed E-state index contributed by atoms with van der Waals surface area (Å²) in [4.78, 5) is 11.0. The van der Waals surface area contributed by atoms with Gasteiger partial charge in [-0.25, -0.2) is 0 Å². The fourth-order valence-corrected chi connectivity index (χ4v) is 1.74. The third kappa shape index (κ3) is 4.19. The first-order valence-corrected chi connectivity index (χ1v) is 5.94. The number of carbonyl (C=O) groups excluding carboxylic acids is 1.